The zero-order valence-electron chi connectivity index (χ0n) is 12.1. The first-order chi connectivity index (χ1) is 10.7. The van der Waals surface area contributed by atoms with Crippen LogP contribution in [0.15, 0.2) is 59.1 Å². The van der Waals surface area contributed by atoms with E-state index >= 15 is 0 Å². The van der Waals surface area contributed by atoms with Gasteiger partial charge in [-0.05, 0) is 35.9 Å². The minimum Gasteiger partial charge on any atom is -0.489 e. The van der Waals surface area contributed by atoms with E-state index in [1.807, 2.05) is 36.4 Å². The molecule has 0 unspecified atom stereocenters. The Morgan fingerprint density at radius 3 is 2.50 bits per heavy atom. The summed E-state index contributed by atoms with van der Waals surface area (Å²) in [6.07, 6.45) is 4.40. The first-order valence-corrected chi connectivity index (χ1v) is 8.41. The van der Waals surface area contributed by atoms with E-state index in [9.17, 15) is 0 Å². The van der Waals surface area contributed by atoms with Crippen molar-refractivity contribution in [3.8, 4) is 5.75 Å². The van der Waals surface area contributed by atoms with E-state index in [1.54, 1.807) is 0 Å². The van der Waals surface area contributed by atoms with Crippen molar-refractivity contribution in [2.75, 3.05) is 13.1 Å². The lowest BCUT2D eigenvalue weighted by Crippen LogP contribution is -2.19. The lowest BCUT2D eigenvalue weighted by atomic mass is 10.2. The second-order valence-electron chi connectivity index (χ2n) is 5.33. The van der Waals surface area contributed by atoms with Crippen LogP contribution >= 0.6 is 27.5 Å². The summed E-state index contributed by atoms with van der Waals surface area (Å²) in [6, 6.07) is 13.9. The molecule has 0 aromatic heterocycles. The van der Waals surface area contributed by atoms with Gasteiger partial charge in [-0.1, -0.05) is 51.8 Å². The highest BCUT2D eigenvalue weighted by Gasteiger charge is 2.12. The number of hydrogen-bond donors (Lipinski definition) is 0. The maximum atomic E-state index is 6.02. The van der Waals surface area contributed by atoms with Gasteiger partial charge < -0.3 is 4.74 Å². The van der Waals surface area contributed by atoms with Gasteiger partial charge in [0.05, 0.1) is 0 Å². The molecule has 0 aliphatic carbocycles. The van der Waals surface area contributed by atoms with E-state index < -0.39 is 0 Å². The third kappa shape index (κ3) is 4.13. The summed E-state index contributed by atoms with van der Waals surface area (Å²) in [5.41, 5.74) is 2.31. The van der Waals surface area contributed by atoms with Crippen LogP contribution in [0.5, 0.6) is 5.75 Å². The summed E-state index contributed by atoms with van der Waals surface area (Å²) < 4.78 is 7.09. The van der Waals surface area contributed by atoms with Gasteiger partial charge >= 0.3 is 0 Å². The van der Waals surface area contributed by atoms with Crippen molar-refractivity contribution in [3.63, 3.8) is 0 Å². The van der Waals surface area contributed by atoms with Crippen LogP contribution in [0.4, 0.5) is 0 Å². The number of ether oxygens (including phenoxy) is 1. The van der Waals surface area contributed by atoms with Gasteiger partial charge in [-0.2, -0.15) is 0 Å². The average molecular weight is 379 g/mol. The molecule has 1 aliphatic rings. The zero-order chi connectivity index (χ0) is 15.4. The van der Waals surface area contributed by atoms with Gasteiger partial charge in [-0.25, -0.2) is 0 Å². The number of hydrogen-bond acceptors (Lipinski definition) is 2. The fraction of sp³-hybridized carbons (Fsp3) is 0.222. The van der Waals surface area contributed by atoms with Crippen molar-refractivity contribution < 1.29 is 4.74 Å². The van der Waals surface area contributed by atoms with Crippen LogP contribution < -0.4 is 4.74 Å². The Labute approximate surface area is 144 Å². The van der Waals surface area contributed by atoms with Crippen molar-refractivity contribution in [3.05, 3.63) is 75.2 Å². The molecular weight excluding hydrogens is 362 g/mol. The van der Waals surface area contributed by atoms with Crippen LogP contribution in [-0.4, -0.2) is 18.0 Å². The van der Waals surface area contributed by atoms with Gasteiger partial charge in [0.25, 0.3) is 0 Å². The molecule has 0 fully saturated rings. The summed E-state index contributed by atoms with van der Waals surface area (Å²) in [5.74, 6) is 0.935. The number of nitrogens with zero attached hydrogens (tertiary/aromatic N) is 1. The molecule has 4 heteroatoms. The Balaban J connectivity index is 1.70. The van der Waals surface area contributed by atoms with Crippen molar-refractivity contribution in [1.29, 1.82) is 0 Å². The molecule has 0 N–H and O–H groups in total. The van der Waals surface area contributed by atoms with Gasteiger partial charge in [-0.15, -0.1) is 0 Å². The van der Waals surface area contributed by atoms with Crippen molar-refractivity contribution in [2.24, 2.45) is 0 Å². The molecule has 22 heavy (non-hydrogen) atoms. The highest BCUT2D eigenvalue weighted by molar-refractivity contribution is 9.10. The maximum Gasteiger partial charge on any atom is 0.124 e. The molecule has 1 heterocycles. The molecule has 0 radical (unpaired) electrons. The molecule has 0 amide bonds. The molecule has 0 saturated carbocycles. The van der Waals surface area contributed by atoms with Gasteiger partial charge in [0.2, 0.25) is 0 Å². The predicted octanol–water partition coefficient (Wildman–Crippen LogP) is 5.05. The Morgan fingerprint density at radius 1 is 1.05 bits per heavy atom. The first kappa shape index (κ1) is 15.6. The van der Waals surface area contributed by atoms with Gasteiger partial charge in [0.15, 0.2) is 0 Å². The smallest absolute Gasteiger partial charge is 0.124 e. The second kappa shape index (κ2) is 7.32. The van der Waals surface area contributed by atoms with Gasteiger partial charge in [-0.3, -0.25) is 4.90 Å². The predicted molar refractivity (Wildman–Crippen MR) is 94.3 cm³/mol. The van der Waals surface area contributed by atoms with Crippen LogP contribution in [0.3, 0.4) is 0 Å². The third-order valence-corrected chi connectivity index (χ3v) is 4.36. The van der Waals surface area contributed by atoms with Crippen LogP contribution in [0, 0.1) is 0 Å². The fourth-order valence-electron chi connectivity index (χ4n) is 2.45. The zero-order valence-corrected chi connectivity index (χ0v) is 14.5. The number of halogens is 2. The minimum atomic E-state index is 0.546. The van der Waals surface area contributed by atoms with Crippen molar-refractivity contribution in [1.82, 2.24) is 4.90 Å². The summed E-state index contributed by atoms with van der Waals surface area (Å²) in [5, 5.41) is 0.745. The molecule has 2 nitrogen and oxygen atoms in total. The normalized spacial score (nSPS) is 14.5. The molecule has 2 aromatic carbocycles. The second-order valence-corrected chi connectivity index (χ2v) is 6.68. The Morgan fingerprint density at radius 2 is 1.77 bits per heavy atom. The summed E-state index contributed by atoms with van der Waals surface area (Å²) in [6.45, 7) is 3.44. The highest BCUT2D eigenvalue weighted by atomic mass is 79.9. The lowest BCUT2D eigenvalue weighted by Gasteiger charge is -2.18. The molecule has 114 valence electrons. The average Bonchev–Trinajstić information content (AvgIpc) is 3.01. The summed E-state index contributed by atoms with van der Waals surface area (Å²) in [4.78, 5) is 2.37. The largest absolute Gasteiger partial charge is 0.489 e. The monoisotopic (exact) mass is 377 g/mol. The standard InChI is InChI=1S/C18H17BrClNO/c19-16-5-8-18(15(11-16)12-21-9-1-2-10-21)22-13-14-3-6-17(20)7-4-14/h1-8,11H,9-10,12-13H2. The summed E-state index contributed by atoms with van der Waals surface area (Å²) >= 11 is 9.45. The minimum absolute atomic E-state index is 0.546. The maximum absolute atomic E-state index is 6.02. The van der Waals surface area contributed by atoms with Crippen LogP contribution in [0.2, 0.25) is 5.02 Å². The van der Waals surface area contributed by atoms with Crippen molar-refractivity contribution in [2.45, 2.75) is 13.2 Å². The molecule has 3 rings (SSSR count). The molecule has 0 spiro atoms. The lowest BCUT2D eigenvalue weighted by molar-refractivity contribution is 0.289. The van der Waals surface area contributed by atoms with E-state index in [1.165, 1.54) is 5.56 Å². The Bertz CT molecular complexity index is 661. The van der Waals surface area contributed by atoms with E-state index in [2.05, 4.69) is 39.0 Å². The fourth-order valence-corrected chi connectivity index (χ4v) is 2.98. The van der Waals surface area contributed by atoms with E-state index in [0.717, 1.165) is 40.4 Å². The topological polar surface area (TPSA) is 12.5 Å². The Kier molecular flexibility index (Phi) is 5.19. The number of rotatable bonds is 5. The molecular formula is C18H17BrClNO. The molecule has 1 aliphatic heterocycles. The van der Waals surface area contributed by atoms with Gasteiger partial charge in [0, 0.05) is 34.7 Å². The number of benzene rings is 2. The molecule has 0 atom stereocenters. The molecule has 0 saturated heterocycles. The Hall–Kier alpha value is -1.29. The summed E-state index contributed by atoms with van der Waals surface area (Å²) in [7, 11) is 0. The molecule has 0 bridgehead atoms. The van der Waals surface area contributed by atoms with Crippen LogP contribution in [-0.2, 0) is 13.2 Å². The highest BCUT2D eigenvalue weighted by Crippen LogP contribution is 2.26. The van der Waals surface area contributed by atoms with Crippen LogP contribution in [0.1, 0.15) is 11.1 Å². The third-order valence-electron chi connectivity index (χ3n) is 3.62. The first-order valence-electron chi connectivity index (χ1n) is 7.24. The quantitative estimate of drug-likeness (QED) is 0.675. The van der Waals surface area contributed by atoms with Crippen LogP contribution in [0.25, 0.3) is 0 Å². The van der Waals surface area contributed by atoms with E-state index in [4.69, 9.17) is 16.3 Å². The van der Waals surface area contributed by atoms with Gasteiger partial charge in [0.1, 0.15) is 12.4 Å². The molecule has 2 aromatic rings. The van der Waals surface area contributed by atoms with E-state index in [0.29, 0.717) is 6.61 Å². The van der Waals surface area contributed by atoms with E-state index in [-0.39, 0.29) is 0 Å². The van der Waals surface area contributed by atoms with Crippen molar-refractivity contribution >= 4 is 27.5 Å². The SMILES string of the molecule is Clc1ccc(COc2ccc(Br)cc2CN2CC=CC2)cc1.